The smallest absolute Gasteiger partial charge is 0.261 e. The molecule has 1 aliphatic carbocycles. The van der Waals surface area contributed by atoms with Crippen molar-refractivity contribution in [1.82, 2.24) is 14.9 Å². The van der Waals surface area contributed by atoms with E-state index in [1.165, 1.54) is 10.1 Å². The molecular formula is C22H23N3O2S. The quantitative estimate of drug-likeness (QED) is 0.658. The van der Waals surface area contributed by atoms with Crippen molar-refractivity contribution in [2.45, 2.75) is 38.1 Å². The highest BCUT2D eigenvalue weighted by Gasteiger charge is 2.37. The molecule has 6 heteroatoms. The highest BCUT2D eigenvalue weighted by Crippen LogP contribution is 2.39. The number of fused-ring (bicyclic) bond motifs is 1. The van der Waals surface area contributed by atoms with E-state index < -0.39 is 0 Å². The molecule has 1 fully saturated rings. The van der Waals surface area contributed by atoms with Gasteiger partial charge in [0, 0.05) is 12.6 Å². The third-order valence-electron chi connectivity index (χ3n) is 5.74. The molecule has 28 heavy (non-hydrogen) atoms. The van der Waals surface area contributed by atoms with Crippen LogP contribution in [0.15, 0.2) is 47.3 Å². The highest BCUT2D eigenvalue weighted by molar-refractivity contribution is 7.71. The summed E-state index contributed by atoms with van der Waals surface area (Å²) in [6.07, 6.45) is 4.04. The predicted molar refractivity (Wildman–Crippen MR) is 113 cm³/mol. The zero-order valence-electron chi connectivity index (χ0n) is 16.0. The molecule has 1 heterocycles. The molecule has 0 radical (unpaired) electrons. The molecule has 0 spiro atoms. The highest BCUT2D eigenvalue weighted by atomic mass is 32.1. The summed E-state index contributed by atoms with van der Waals surface area (Å²) >= 11 is 5.19. The van der Waals surface area contributed by atoms with Crippen LogP contribution in [0.3, 0.4) is 0 Å². The lowest BCUT2D eigenvalue weighted by Crippen LogP contribution is -2.43. The molecule has 0 saturated heterocycles. The largest absolute Gasteiger partial charge is 0.343 e. The van der Waals surface area contributed by atoms with Gasteiger partial charge in [-0.15, -0.1) is 0 Å². The van der Waals surface area contributed by atoms with Gasteiger partial charge in [-0.25, -0.2) is 0 Å². The minimum absolute atomic E-state index is 0.134. The maximum Gasteiger partial charge on any atom is 0.261 e. The molecular weight excluding hydrogens is 370 g/mol. The van der Waals surface area contributed by atoms with Crippen molar-refractivity contribution >= 4 is 29.0 Å². The molecule has 1 saturated carbocycles. The normalized spacial score (nSPS) is 15.6. The predicted octanol–water partition coefficient (Wildman–Crippen LogP) is 4.10. The molecule has 2 aromatic carbocycles. The molecule has 2 N–H and O–H groups in total. The van der Waals surface area contributed by atoms with Gasteiger partial charge in [-0.1, -0.05) is 42.7 Å². The first kappa shape index (κ1) is 18.6. The molecule has 4 rings (SSSR count). The number of carbonyl (C=O) groups excluding carboxylic acids is 1. The first-order valence-electron chi connectivity index (χ1n) is 9.52. The van der Waals surface area contributed by atoms with Gasteiger partial charge in [-0.2, -0.15) is 0 Å². The number of rotatable bonds is 3. The van der Waals surface area contributed by atoms with Crippen molar-refractivity contribution < 1.29 is 4.79 Å². The summed E-state index contributed by atoms with van der Waals surface area (Å²) in [5.41, 5.74) is 2.94. The Morgan fingerprint density at radius 1 is 1.18 bits per heavy atom. The van der Waals surface area contributed by atoms with Gasteiger partial charge in [0.2, 0.25) is 0 Å². The van der Waals surface area contributed by atoms with Gasteiger partial charge in [0.25, 0.3) is 11.5 Å². The van der Waals surface area contributed by atoms with Gasteiger partial charge in [-0.05, 0) is 55.7 Å². The Morgan fingerprint density at radius 3 is 2.64 bits per heavy atom. The van der Waals surface area contributed by atoms with Crippen molar-refractivity contribution in [1.29, 1.82) is 0 Å². The lowest BCUT2D eigenvalue weighted by Gasteiger charge is -2.31. The fourth-order valence-electron chi connectivity index (χ4n) is 4.14. The third kappa shape index (κ3) is 3.18. The lowest BCUT2D eigenvalue weighted by molar-refractivity contribution is 0.0898. The molecule has 1 amide bonds. The summed E-state index contributed by atoms with van der Waals surface area (Å²) in [5.74, 6) is -0.134. The summed E-state index contributed by atoms with van der Waals surface area (Å²) < 4.78 is 1.73. The van der Waals surface area contributed by atoms with Crippen LogP contribution < -0.4 is 10.9 Å². The van der Waals surface area contributed by atoms with Crippen LogP contribution in [0.2, 0.25) is 0 Å². The monoisotopic (exact) mass is 393 g/mol. The first-order valence-corrected chi connectivity index (χ1v) is 9.93. The number of H-pyrrole nitrogens is 1. The molecule has 1 aromatic heterocycles. The van der Waals surface area contributed by atoms with E-state index in [1.807, 2.05) is 6.07 Å². The minimum Gasteiger partial charge on any atom is -0.343 e. The Balaban J connectivity index is 1.72. The molecule has 0 unspecified atom stereocenters. The van der Waals surface area contributed by atoms with E-state index in [1.54, 1.807) is 25.2 Å². The molecule has 144 valence electrons. The van der Waals surface area contributed by atoms with Crippen molar-refractivity contribution in [3.8, 4) is 0 Å². The standard InChI is InChI=1S/C22H23N3O2S/c1-14-6-5-7-16(12-14)22(10-3-4-11-22)24-19(26)15-8-9-17-18(13-15)23-21(28)25(2)20(17)27/h5-9,12-13H,3-4,10-11H2,1-2H3,(H,23,28)(H,24,26). The second-order valence-corrected chi connectivity index (χ2v) is 8.05. The molecule has 0 bridgehead atoms. The van der Waals surface area contributed by atoms with E-state index >= 15 is 0 Å². The van der Waals surface area contributed by atoms with E-state index in [0.29, 0.717) is 21.2 Å². The van der Waals surface area contributed by atoms with Crippen LogP contribution in [0.25, 0.3) is 10.9 Å². The van der Waals surface area contributed by atoms with E-state index in [9.17, 15) is 9.59 Å². The molecule has 0 atom stereocenters. The van der Waals surface area contributed by atoms with Gasteiger partial charge in [-0.3, -0.25) is 14.2 Å². The maximum atomic E-state index is 13.1. The molecule has 0 aliphatic heterocycles. The van der Waals surface area contributed by atoms with Crippen LogP contribution in [0.1, 0.15) is 47.2 Å². The van der Waals surface area contributed by atoms with E-state index in [0.717, 1.165) is 31.2 Å². The van der Waals surface area contributed by atoms with Gasteiger partial charge in [0.05, 0.1) is 16.4 Å². The number of aromatic nitrogens is 2. The van der Waals surface area contributed by atoms with Crippen LogP contribution in [0.5, 0.6) is 0 Å². The lowest BCUT2D eigenvalue weighted by atomic mass is 9.87. The van der Waals surface area contributed by atoms with Crippen LogP contribution in [-0.2, 0) is 12.6 Å². The summed E-state index contributed by atoms with van der Waals surface area (Å²) in [5, 5.41) is 3.81. The van der Waals surface area contributed by atoms with Gasteiger partial charge in [0.15, 0.2) is 4.77 Å². The molecule has 3 aromatic rings. The zero-order valence-corrected chi connectivity index (χ0v) is 16.9. The number of aromatic amines is 1. The topological polar surface area (TPSA) is 66.9 Å². The average Bonchev–Trinajstić information content (AvgIpc) is 3.15. The Bertz CT molecular complexity index is 1190. The second-order valence-electron chi connectivity index (χ2n) is 7.67. The Morgan fingerprint density at radius 2 is 1.93 bits per heavy atom. The fraction of sp³-hybridized carbons (Fsp3) is 0.318. The third-order valence-corrected chi connectivity index (χ3v) is 6.12. The summed E-state index contributed by atoms with van der Waals surface area (Å²) in [7, 11) is 1.63. The van der Waals surface area contributed by atoms with E-state index in [4.69, 9.17) is 12.2 Å². The number of nitrogens with zero attached hydrogens (tertiary/aromatic N) is 1. The van der Waals surface area contributed by atoms with E-state index in [2.05, 4.69) is 35.4 Å². The maximum absolute atomic E-state index is 13.1. The van der Waals surface area contributed by atoms with Gasteiger partial charge >= 0.3 is 0 Å². The Kier molecular flexibility index (Phi) is 4.67. The number of hydrogen-bond donors (Lipinski definition) is 2. The van der Waals surface area contributed by atoms with Crippen LogP contribution in [-0.4, -0.2) is 15.5 Å². The summed E-state index contributed by atoms with van der Waals surface area (Å²) in [6.45, 7) is 2.07. The second kappa shape index (κ2) is 7.02. The minimum atomic E-state index is -0.336. The van der Waals surface area contributed by atoms with E-state index in [-0.39, 0.29) is 17.0 Å². The average molecular weight is 394 g/mol. The summed E-state index contributed by atoms with van der Waals surface area (Å²) in [6, 6.07) is 13.5. The number of benzene rings is 2. The Labute approximate surface area is 168 Å². The van der Waals surface area contributed by atoms with Crippen molar-refractivity contribution in [2.75, 3.05) is 0 Å². The SMILES string of the molecule is Cc1cccc(C2(NC(=O)c3ccc4c(=O)n(C)c(=S)[nH]c4c3)CCCC2)c1. The summed E-state index contributed by atoms with van der Waals surface area (Å²) in [4.78, 5) is 28.5. The number of nitrogens with one attached hydrogen (secondary N) is 2. The van der Waals surface area contributed by atoms with Crippen molar-refractivity contribution in [2.24, 2.45) is 7.05 Å². The van der Waals surface area contributed by atoms with Crippen molar-refractivity contribution in [3.05, 3.63) is 74.3 Å². The number of carbonyl (C=O) groups is 1. The zero-order chi connectivity index (χ0) is 19.9. The molecule has 5 nitrogen and oxygen atoms in total. The van der Waals surface area contributed by atoms with Crippen LogP contribution in [0.4, 0.5) is 0 Å². The Hall–Kier alpha value is -2.73. The number of hydrogen-bond acceptors (Lipinski definition) is 3. The fourth-order valence-corrected chi connectivity index (χ4v) is 4.34. The van der Waals surface area contributed by atoms with Gasteiger partial charge < -0.3 is 10.3 Å². The molecule has 1 aliphatic rings. The number of amides is 1. The van der Waals surface area contributed by atoms with Crippen molar-refractivity contribution in [3.63, 3.8) is 0 Å². The van der Waals surface area contributed by atoms with Crippen LogP contribution >= 0.6 is 12.2 Å². The van der Waals surface area contributed by atoms with Crippen LogP contribution in [0, 0.1) is 11.7 Å². The first-order chi connectivity index (χ1) is 13.4. The number of aryl methyl sites for hydroxylation is 1. The van der Waals surface area contributed by atoms with Gasteiger partial charge in [0.1, 0.15) is 0 Å².